The summed E-state index contributed by atoms with van der Waals surface area (Å²) in [6.45, 7) is 0. The number of hydrogen-bond donors (Lipinski definition) is 0. The summed E-state index contributed by atoms with van der Waals surface area (Å²) in [6, 6.07) is -0.0404. The largest absolute Gasteiger partial charge is 0.493 e. The van der Waals surface area contributed by atoms with Crippen molar-refractivity contribution in [3.63, 3.8) is 0 Å². The number of hydrogen-bond acceptors (Lipinski definition) is 4. The van der Waals surface area contributed by atoms with E-state index in [0.717, 1.165) is 5.57 Å². The molecular formula is C10H10N2O2. The molecule has 1 atom stereocenters. The Bertz CT molecular complexity index is 398. The van der Waals surface area contributed by atoms with Gasteiger partial charge in [0.15, 0.2) is 11.5 Å². The molecule has 0 aromatic carbocycles. The van der Waals surface area contributed by atoms with Crippen LogP contribution in [0.3, 0.4) is 0 Å². The van der Waals surface area contributed by atoms with Crippen LogP contribution in [-0.4, -0.2) is 32.5 Å². The Hall–Kier alpha value is -1.80. The molecule has 1 heterocycles. The Morgan fingerprint density at radius 3 is 2.79 bits per heavy atom. The number of nitrogens with zero attached hydrogens (tertiary/aromatic N) is 2. The summed E-state index contributed by atoms with van der Waals surface area (Å²) in [5, 5.41) is 0. The van der Waals surface area contributed by atoms with Crippen molar-refractivity contribution in [3.05, 3.63) is 29.2 Å². The summed E-state index contributed by atoms with van der Waals surface area (Å²) in [4.78, 5) is 8.00. The van der Waals surface area contributed by atoms with Crippen LogP contribution >= 0.6 is 0 Å². The second-order valence-electron chi connectivity index (χ2n) is 2.85. The molecule has 14 heavy (non-hydrogen) atoms. The minimum atomic E-state index is -0.0404. The number of fused-ring (bicyclic) bond motifs is 1. The monoisotopic (exact) mass is 190 g/mol. The van der Waals surface area contributed by atoms with Crippen LogP contribution in [0.1, 0.15) is 0 Å². The Kier molecular flexibility index (Phi) is 2.21. The molecule has 0 N–H and O–H groups in total. The quantitative estimate of drug-likeness (QED) is 0.653. The maximum absolute atomic E-state index is 5.17. The Morgan fingerprint density at radius 1 is 1.29 bits per heavy atom. The number of ether oxygens (including phenoxy) is 2. The lowest BCUT2D eigenvalue weighted by Crippen LogP contribution is -2.15. The van der Waals surface area contributed by atoms with Gasteiger partial charge in [-0.15, -0.1) is 0 Å². The first-order chi connectivity index (χ1) is 6.85. The van der Waals surface area contributed by atoms with Gasteiger partial charge in [-0.05, 0) is 18.0 Å². The van der Waals surface area contributed by atoms with E-state index in [4.69, 9.17) is 9.47 Å². The first-order valence-electron chi connectivity index (χ1n) is 4.21. The SMILES string of the molecule is COC1=CC2=C=NC=NC2C=C1OC. The van der Waals surface area contributed by atoms with Crippen LogP contribution < -0.4 is 0 Å². The number of aliphatic imine (C=N–C) groups is 2. The maximum Gasteiger partial charge on any atom is 0.161 e. The van der Waals surface area contributed by atoms with Crippen molar-refractivity contribution in [2.75, 3.05) is 14.2 Å². The minimum absolute atomic E-state index is 0.0404. The minimum Gasteiger partial charge on any atom is -0.493 e. The van der Waals surface area contributed by atoms with Crippen LogP contribution in [0, 0.1) is 0 Å². The van der Waals surface area contributed by atoms with Crippen molar-refractivity contribution >= 4 is 12.2 Å². The maximum atomic E-state index is 5.17. The lowest BCUT2D eigenvalue weighted by Gasteiger charge is -2.19. The van der Waals surface area contributed by atoms with Gasteiger partial charge in [-0.1, -0.05) is 0 Å². The zero-order chi connectivity index (χ0) is 9.97. The van der Waals surface area contributed by atoms with E-state index in [1.54, 1.807) is 14.2 Å². The topological polar surface area (TPSA) is 43.2 Å². The first-order valence-corrected chi connectivity index (χ1v) is 4.21. The third kappa shape index (κ3) is 1.36. The van der Waals surface area contributed by atoms with Crippen LogP contribution in [0.4, 0.5) is 0 Å². The van der Waals surface area contributed by atoms with Crippen LogP contribution in [0.5, 0.6) is 0 Å². The van der Waals surface area contributed by atoms with Crippen molar-refractivity contribution in [3.8, 4) is 0 Å². The molecule has 2 aliphatic rings. The Balaban J connectivity index is 2.42. The fraction of sp³-hybridized carbons (Fsp3) is 0.300. The van der Waals surface area contributed by atoms with Gasteiger partial charge in [-0.25, -0.2) is 0 Å². The molecule has 2 rings (SSSR count). The standard InChI is InChI=1S/C10H10N2O2/c1-13-9-3-7-5-11-6-12-8(7)4-10(9)14-2/h3-4,6,8H,1-2H3. The third-order valence-corrected chi connectivity index (χ3v) is 2.08. The van der Waals surface area contributed by atoms with E-state index in [2.05, 4.69) is 15.9 Å². The van der Waals surface area contributed by atoms with E-state index in [9.17, 15) is 0 Å². The molecule has 4 heteroatoms. The van der Waals surface area contributed by atoms with Crippen molar-refractivity contribution in [1.29, 1.82) is 0 Å². The lowest BCUT2D eigenvalue weighted by atomic mass is 10.0. The molecule has 0 aromatic rings. The predicted molar refractivity (Wildman–Crippen MR) is 53.4 cm³/mol. The highest BCUT2D eigenvalue weighted by molar-refractivity contribution is 5.79. The fourth-order valence-electron chi connectivity index (χ4n) is 1.37. The molecule has 1 unspecified atom stereocenters. The van der Waals surface area contributed by atoms with Gasteiger partial charge in [0.1, 0.15) is 12.4 Å². The molecule has 0 aromatic heterocycles. The molecule has 0 spiro atoms. The summed E-state index contributed by atoms with van der Waals surface area (Å²) in [5.74, 6) is 4.24. The molecule has 4 nitrogen and oxygen atoms in total. The molecule has 1 aliphatic heterocycles. The summed E-state index contributed by atoms with van der Waals surface area (Å²) in [5.41, 5.74) is 0.894. The zero-order valence-corrected chi connectivity index (χ0v) is 8.02. The predicted octanol–water partition coefficient (Wildman–Crippen LogP) is 1.07. The molecule has 0 radical (unpaired) electrons. The highest BCUT2D eigenvalue weighted by Crippen LogP contribution is 2.24. The molecular weight excluding hydrogens is 180 g/mol. The van der Waals surface area contributed by atoms with Crippen molar-refractivity contribution < 1.29 is 9.47 Å². The van der Waals surface area contributed by atoms with Gasteiger partial charge in [0.05, 0.1) is 14.2 Å². The Morgan fingerprint density at radius 2 is 2.07 bits per heavy atom. The zero-order valence-electron chi connectivity index (χ0n) is 8.02. The normalized spacial score (nSPS) is 23.3. The second-order valence-corrected chi connectivity index (χ2v) is 2.85. The average molecular weight is 190 g/mol. The van der Waals surface area contributed by atoms with Gasteiger partial charge >= 0.3 is 0 Å². The van der Waals surface area contributed by atoms with Crippen LogP contribution in [-0.2, 0) is 9.47 Å². The van der Waals surface area contributed by atoms with E-state index in [-0.39, 0.29) is 6.04 Å². The first kappa shape index (κ1) is 8.78. The van der Waals surface area contributed by atoms with Gasteiger partial charge in [0.25, 0.3) is 0 Å². The Labute approximate surface area is 82.0 Å². The summed E-state index contributed by atoms with van der Waals surface area (Å²) < 4.78 is 10.3. The molecule has 0 saturated carbocycles. The van der Waals surface area contributed by atoms with Crippen LogP contribution in [0.15, 0.2) is 39.2 Å². The summed E-state index contributed by atoms with van der Waals surface area (Å²) >= 11 is 0. The average Bonchev–Trinajstić information content (AvgIpc) is 2.27. The molecule has 72 valence electrons. The second kappa shape index (κ2) is 3.52. The smallest absolute Gasteiger partial charge is 0.161 e. The molecule has 0 bridgehead atoms. The van der Waals surface area contributed by atoms with Crippen LogP contribution in [0.2, 0.25) is 0 Å². The highest BCUT2D eigenvalue weighted by Gasteiger charge is 2.21. The molecule has 0 amide bonds. The van der Waals surface area contributed by atoms with Gasteiger partial charge in [-0.3, -0.25) is 4.99 Å². The lowest BCUT2D eigenvalue weighted by molar-refractivity contribution is 0.217. The van der Waals surface area contributed by atoms with E-state index in [0.29, 0.717) is 11.5 Å². The summed E-state index contributed by atoms with van der Waals surface area (Å²) in [6.07, 6.45) is 5.21. The molecule has 0 fully saturated rings. The van der Waals surface area contributed by atoms with Crippen LogP contribution in [0.25, 0.3) is 0 Å². The van der Waals surface area contributed by atoms with Crippen molar-refractivity contribution in [1.82, 2.24) is 0 Å². The summed E-state index contributed by atoms with van der Waals surface area (Å²) in [7, 11) is 3.21. The third-order valence-electron chi connectivity index (χ3n) is 2.08. The molecule has 1 aliphatic carbocycles. The van der Waals surface area contributed by atoms with E-state index >= 15 is 0 Å². The van der Waals surface area contributed by atoms with Crippen molar-refractivity contribution in [2.45, 2.75) is 6.04 Å². The van der Waals surface area contributed by atoms with Gasteiger partial charge < -0.3 is 9.47 Å². The fourth-order valence-corrected chi connectivity index (χ4v) is 1.37. The van der Waals surface area contributed by atoms with E-state index in [1.807, 2.05) is 12.2 Å². The highest BCUT2D eigenvalue weighted by atomic mass is 16.5. The molecule has 0 saturated heterocycles. The van der Waals surface area contributed by atoms with Gasteiger partial charge in [0, 0.05) is 5.57 Å². The number of methoxy groups -OCH3 is 2. The van der Waals surface area contributed by atoms with E-state index in [1.165, 1.54) is 6.34 Å². The number of rotatable bonds is 2. The van der Waals surface area contributed by atoms with Crippen molar-refractivity contribution in [2.24, 2.45) is 9.98 Å². The van der Waals surface area contributed by atoms with Gasteiger partial charge in [0.2, 0.25) is 0 Å². The van der Waals surface area contributed by atoms with E-state index < -0.39 is 0 Å². The van der Waals surface area contributed by atoms with Gasteiger partial charge in [-0.2, -0.15) is 4.99 Å².